The molecule has 0 amide bonds. The largest absolute Gasteiger partial charge is 0.198 e. The summed E-state index contributed by atoms with van der Waals surface area (Å²) in [5.74, 6) is 0.702. The highest BCUT2D eigenvalue weighted by Gasteiger charge is 2.35. The Labute approximate surface area is 104 Å². The molecule has 0 saturated heterocycles. The second-order valence-corrected chi connectivity index (χ2v) is 5.76. The van der Waals surface area contributed by atoms with Gasteiger partial charge in [0.15, 0.2) is 0 Å². The molecule has 0 heterocycles. The fourth-order valence-corrected chi connectivity index (χ4v) is 3.17. The molecular weight excluding hydrogens is 206 g/mol. The average Bonchev–Trinajstić information content (AvgIpc) is 2.29. The van der Waals surface area contributed by atoms with E-state index >= 15 is 0 Å². The Morgan fingerprint density at radius 3 is 2.94 bits per heavy atom. The zero-order chi connectivity index (χ0) is 12.3. The molecule has 0 N–H and O–H groups in total. The van der Waals surface area contributed by atoms with Crippen LogP contribution in [0.2, 0.25) is 0 Å². The second kappa shape index (κ2) is 4.92. The van der Waals surface area contributed by atoms with Crippen LogP contribution in [0, 0.1) is 29.6 Å². The molecule has 0 radical (unpaired) electrons. The molecule has 0 aliphatic heterocycles. The lowest BCUT2D eigenvalue weighted by atomic mass is 9.68. The van der Waals surface area contributed by atoms with Gasteiger partial charge in [-0.1, -0.05) is 49.6 Å². The van der Waals surface area contributed by atoms with Crippen molar-refractivity contribution in [3.8, 4) is 6.07 Å². The maximum atomic E-state index is 9.54. The van der Waals surface area contributed by atoms with Crippen molar-refractivity contribution in [2.45, 2.75) is 46.0 Å². The average molecular weight is 227 g/mol. The molecule has 1 nitrogen and oxygen atoms in total. The van der Waals surface area contributed by atoms with Crippen molar-refractivity contribution in [3.05, 3.63) is 35.4 Å². The highest BCUT2D eigenvalue weighted by atomic mass is 14.4. The number of aryl methyl sites for hydroxylation is 1. The van der Waals surface area contributed by atoms with Crippen LogP contribution >= 0.6 is 0 Å². The summed E-state index contributed by atoms with van der Waals surface area (Å²) >= 11 is 0. The topological polar surface area (TPSA) is 23.8 Å². The maximum absolute atomic E-state index is 9.54. The van der Waals surface area contributed by atoms with Gasteiger partial charge in [0.05, 0.1) is 11.5 Å². The fraction of sp³-hybridized carbons (Fsp3) is 0.562. The van der Waals surface area contributed by atoms with Crippen LogP contribution < -0.4 is 0 Å². The molecule has 0 bridgehead atoms. The van der Waals surface area contributed by atoms with Crippen LogP contribution in [-0.4, -0.2) is 0 Å². The van der Waals surface area contributed by atoms with Crippen LogP contribution in [0.25, 0.3) is 0 Å². The van der Waals surface area contributed by atoms with E-state index in [1.807, 2.05) is 0 Å². The van der Waals surface area contributed by atoms with Gasteiger partial charge >= 0.3 is 0 Å². The Balaban J connectivity index is 2.17. The lowest BCUT2D eigenvalue weighted by molar-refractivity contribution is 0.209. The minimum atomic E-state index is -0.106. The molecule has 1 aliphatic carbocycles. The number of benzene rings is 1. The predicted octanol–water partition coefficient (Wildman–Crippen LogP) is 4.26. The SMILES string of the molecule is Cc1cccc(CC2(C#N)CCCC(C)C2)c1. The monoisotopic (exact) mass is 227 g/mol. The molecule has 1 saturated carbocycles. The standard InChI is InChI=1S/C16H21N/c1-13-5-3-7-15(9-13)11-16(12-17)8-4-6-14(2)10-16/h3,5,7,9,14H,4,6,8,10-11H2,1-2H3. The van der Waals surface area contributed by atoms with E-state index in [4.69, 9.17) is 0 Å². The van der Waals surface area contributed by atoms with E-state index in [0.29, 0.717) is 5.92 Å². The molecule has 17 heavy (non-hydrogen) atoms. The summed E-state index contributed by atoms with van der Waals surface area (Å²) < 4.78 is 0. The summed E-state index contributed by atoms with van der Waals surface area (Å²) in [7, 11) is 0. The van der Waals surface area contributed by atoms with Crippen LogP contribution in [0.3, 0.4) is 0 Å². The van der Waals surface area contributed by atoms with E-state index in [1.54, 1.807) is 0 Å². The summed E-state index contributed by atoms with van der Waals surface area (Å²) in [5.41, 5.74) is 2.51. The maximum Gasteiger partial charge on any atom is 0.0693 e. The molecular formula is C16H21N. The smallest absolute Gasteiger partial charge is 0.0693 e. The van der Waals surface area contributed by atoms with E-state index in [0.717, 1.165) is 19.3 Å². The van der Waals surface area contributed by atoms with Gasteiger partial charge in [-0.15, -0.1) is 0 Å². The molecule has 0 aromatic heterocycles. The summed E-state index contributed by atoms with van der Waals surface area (Å²) in [5, 5.41) is 9.54. The molecule has 1 aromatic carbocycles. The number of hydrogen-bond donors (Lipinski definition) is 0. The first kappa shape index (κ1) is 12.2. The third-order valence-corrected chi connectivity index (χ3v) is 3.95. The highest BCUT2D eigenvalue weighted by molar-refractivity contribution is 5.25. The number of nitrogens with zero attached hydrogens (tertiary/aromatic N) is 1. The molecule has 90 valence electrons. The van der Waals surface area contributed by atoms with Crippen molar-refractivity contribution in [1.29, 1.82) is 5.26 Å². The quantitative estimate of drug-likeness (QED) is 0.740. The summed E-state index contributed by atoms with van der Waals surface area (Å²) in [6, 6.07) is 11.2. The van der Waals surface area contributed by atoms with Crippen molar-refractivity contribution in [2.24, 2.45) is 11.3 Å². The number of rotatable bonds is 2. The van der Waals surface area contributed by atoms with Gasteiger partial charge in [0.1, 0.15) is 0 Å². The molecule has 1 fully saturated rings. The molecule has 0 spiro atoms. The lowest BCUT2D eigenvalue weighted by Crippen LogP contribution is -2.28. The molecule has 2 rings (SSSR count). The number of nitriles is 1. The van der Waals surface area contributed by atoms with Crippen molar-refractivity contribution in [2.75, 3.05) is 0 Å². The van der Waals surface area contributed by atoms with Crippen molar-refractivity contribution in [1.82, 2.24) is 0 Å². The Morgan fingerprint density at radius 2 is 2.29 bits per heavy atom. The molecule has 1 heteroatoms. The van der Waals surface area contributed by atoms with E-state index in [-0.39, 0.29) is 5.41 Å². The third-order valence-electron chi connectivity index (χ3n) is 3.95. The van der Waals surface area contributed by atoms with Crippen LogP contribution in [-0.2, 0) is 6.42 Å². The first-order valence-electron chi connectivity index (χ1n) is 6.60. The molecule has 1 aliphatic rings. The van der Waals surface area contributed by atoms with Gasteiger partial charge in [0, 0.05) is 0 Å². The van der Waals surface area contributed by atoms with Gasteiger partial charge < -0.3 is 0 Å². The van der Waals surface area contributed by atoms with Crippen molar-refractivity contribution in [3.63, 3.8) is 0 Å². The van der Waals surface area contributed by atoms with E-state index in [1.165, 1.54) is 24.0 Å². The second-order valence-electron chi connectivity index (χ2n) is 5.76. The Morgan fingerprint density at radius 1 is 1.47 bits per heavy atom. The minimum absolute atomic E-state index is 0.106. The van der Waals surface area contributed by atoms with Crippen LogP contribution in [0.4, 0.5) is 0 Å². The normalized spacial score (nSPS) is 28.6. The van der Waals surface area contributed by atoms with Gasteiger partial charge in [0.2, 0.25) is 0 Å². The molecule has 1 aromatic rings. The fourth-order valence-electron chi connectivity index (χ4n) is 3.17. The molecule has 2 atom stereocenters. The highest BCUT2D eigenvalue weighted by Crippen LogP contribution is 2.41. The van der Waals surface area contributed by atoms with Crippen LogP contribution in [0.1, 0.15) is 43.7 Å². The Bertz CT molecular complexity index is 429. The Hall–Kier alpha value is -1.29. The van der Waals surface area contributed by atoms with Crippen LogP contribution in [0.5, 0.6) is 0 Å². The van der Waals surface area contributed by atoms with Crippen molar-refractivity contribution >= 4 is 0 Å². The minimum Gasteiger partial charge on any atom is -0.198 e. The first-order valence-corrected chi connectivity index (χ1v) is 6.60. The van der Waals surface area contributed by atoms with E-state index in [2.05, 4.69) is 44.2 Å². The number of hydrogen-bond acceptors (Lipinski definition) is 1. The zero-order valence-electron chi connectivity index (χ0n) is 10.9. The van der Waals surface area contributed by atoms with Gasteiger partial charge in [-0.25, -0.2) is 0 Å². The first-order chi connectivity index (χ1) is 8.13. The lowest BCUT2D eigenvalue weighted by Gasteiger charge is -2.34. The third kappa shape index (κ3) is 2.88. The van der Waals surface area contributed by atoms with Crippen molar-refractivity contribution < 1.29 is 0 Å². The Kier molecular flexibility index (Phi) is 3.52. The predicted molar refractivity (Wildman–Crippen MR) is 70.6 cm³/mol. The summed E-state index contributed by atoms with van der Waals surface area (Å²) in [6.45, 7) is 4.40. The summed E-state index contributed by atoms with van der Waals surface area (Å²) in [4.78, 5) is 0. The van der Waals surface area contributed by atoms with Gasteiger partial charge in [0.25, 0.3) is 0 Å². The van der Waals surface area contributed by atoms with Gasteiger partial charge in [-0.3, -0.25) is 0 Å². The zero-order valence-corrected chi connectivity index (χ0v) is 10.9. The van der Waals surface area contributed by atoms with Gasteiger partial charge in [-0.2, -0.15) is 5.26 Å². The van der Waals surface area contributed by atoms with E-state index < -0.39 is 0 Å². The van der Waals surface area contributed by atoms with E-state index in [9.17, 15) is 5.26 Å². The van der Waals surface area contributed by atoms with Gasteiger partial charge in [-0.05, 0) is 37.7 Å². The molecule has 2 unspecified atom stereocenters. The summed E-state index contributed by atoms with van der Waals surface area (Å²) in [6.07, 6.45) is 5.56. The van der Waals surface area contributed by atoms with Crippen LogP contribution in [0.15, 0.2) is 24.3 Å².